The molecule has 1 aromatic carbocycles. The fourth-order valence-electron chi connectivity index (χ4n) is 0.751. The monoisotopic (exact) mass is 374 g/mol. The van der Waals surface area contributed by atoms with Gasteiger partial charge in [-0.25, -0.2) is 0 Å². The summed E-state index contributed by atoms with van der Waals surface area (Å²) in [4.78, 5) is 0. The number of hydrogen-bond donors (Lipinski definition) is 0. The third-order valence-corrected chi connectivity index (χ3v) is 3.40. The quantitative estimate of drug-likeness (QED) is 0.542. The zero-order valence-electron chi connectivity index (χ0n) is 5.93. The van der Waals surface area contributed by atoms with Gasteiger partial charge in [0.15, 0.2) is 2.14 Å². The highest BCUT2D eigenvalue weighted by Gasteiger charge is 2.19. The van der Waals surface area contributed by atoms with Crippen molar-refractivity contribution < 1.29 is 4.57 Å². The molecule has 0 heterocycles. The molecule has 12 heavy (non-hydrogen) atoms. The Labute approximate surface area is 97.5 Å². The van der Waals surface area contributed by atoms with E-state index in [-0.39, 0.29) is 2.14 Å². The van der Waals surface area contributed by atoms with Crippen molar-refractivity contribution in [3.8, 4) is 0 Å². The Hall–Kier alpha value is 0.890. The molecule has 1 unspecified atom stereocenters. The molecule has 1 atom stereocenters. The van der Waals surface area contributed by atoms with Crippen LogP contribution in [0.2, 0.25) is 0 Å². The van der Waals surface area contributed by atoms with Gasteiger partial charge in [0.1, 0.15) is 0 Å². The molecule has 66 valence electrons. The van der Waals surface area contributed by atoms with Crippen LogP contribution in [0.3, 0.4) is 0 Å². The van der Waals surface area contributed by atoms with E-state index in [1.54, 1.807) is 0 Å². The molecule has 5 heteroatoms. The van der Waals surface area contributed by atoms with Gasteiger partial charge in [-0.15, -0.1) is 0 Å². The lowest BCUT2D eigenvalue weighted by molar-refractivity contribution is 0.603. The van der Waals surface area contributed by atoms with Gasteiger partial charge in [-0.05, 0) is 5.56 Å². The van der Waals surface area contributed by atoms with E-state index in [9.17, 15) is 4.57 Å². The second-order valence-electron chi connectivity index (χ2n) is 2.24. The summed E-state index contributed by atoms with van der Waals surface area (Å²) in [6.45, 7) is 0. The summed E-state index contributed by atoms with van der Waals surface area (Å²) in [6, 6.07) is 7.54. The van der Waals surface area contributed by atoms with Crippen molar-refractivity contribution in [2.45, 2.75) is 2.14 Å². The summed E-state index contributed by atoms with van der Waals surface area (Å²) in [5, 5.41) is 0.885. The fraction of sp³-hybridized carbons (Fsp3) is 0.143. The summed E-state index contributed by atoms with van der Waals surface area (Å²) in [7, 11) is -0.825. The Morgan fingerprint density at radius 1 is 1.08 bits per heavy atom. The number of hydrogen-bond acceptors (Lipinski definition) is 1. The average molecular weight is 377 g/mol. The van der Waals surface area contributed by atoms with Crippen LogP contribution < -0.4 is 5.30 Å². The second kappa shape index (κ2) is 4.41. The zero-order valence-corrected chi connectivity index (χ0v) is 11.8. The van der Waals surface area contributed by atoms with E-state index in [4.69, 9.17) is 0 Å². The Bertz CT molecular complexity index is 278. The number of halogens is 3. The van der Waals surface area contributed by atoms with Crippen LogP contribution in [0.4, 0.5) is 0 Å². The third-order valence-electron chi connectivity index (χ3n) is 1.37. The number of alkyl halides is 3. The maximum Gasteiger partial charge on any atom is 0.159 e. The van der Waals surface area contributed by atoms with Crippen LogP contribution in [0, 0.1) is 0 Å². The van der Waals surface area contributed by atoms with Crippen molar-refractivity contribution >= 4 is 61.6 Å². The van der Waals surface area contributed by atoms with Crippen molar-refractivity contribution in [1.29, 1.82) is 0 Å². The molecule has 0 aliphatic heterocycles. The van der Waals surface area contributed by atoms with Crippen molar-refractivity contribution in [2.24, 2.45) is 0 Å². The van der Waals surface area contributed by atoms with Crippen LogP contribution in [0.1, 0.15) is 5.56 Å². The summed E-state index contributed by atoms with van der Waals surface area (Å²) in [5.41, 5.74) is 1.04. The first-order valence-electron chi connectivity index (χ1n) is 3.16. The molecule has 0 saturated heterocycles. The normalized spacial score (nSPS) is 12.6. The highest BCUT2D eigenvalue weighted by molar-refractivity contribution is 9.38. The second-order valence-corrected chi connectivity index (χ2v) is 9.90. The molecule has 1 nitrogen and oxygen atoms in total. The first-order chi connectivity index (χ1) is 5.54. The molecule has 0 saturated carbocycles. The van der Waals surface area contributed by atoms with Crippen LogP contribution in [0.5, 0.6) is 0 Å². The van der Waals surface area contributed by atoms with Crippen LogP contribution in [-0.2, 0) is 6.71 Å². The first kappa shape index (κ1) is 11.0. The fourth-order valence-corrected chi connectivity index (χ4v) is 1.89. The van der Waals surface area contributed by atoms with Gasteiger partial charge in [0.2, 0.25) is 0 Å². The highest BCUT2D eigenvalue weighted by atomic mass is 80.0. The molecule has 0 aromatic heterocycles. The lowest BCUT2D eigenvalue weighted by atomic mass is 10.2. The van der Waals surface area contributed by atoms with Crippen LogP contribution in [0.25, 0.3) is 0 Å². The standard InChI is InChI=1S/C7H6Br3OP/c8-7(9,10)5-1-3-6(12-11)4-2-5/h1-4H,12H2. The van der Waals surface area contributed by atoms with E-state index in [2.05, 4.69) is 47.8 Å². The minimum atomic E-state index is -0.825. The van der Waals surface area contributed by atoms with Crippen LogP contribution in [0.15, 0.2) is 24.3 Å². The number of benzene rings is 1. The molecule has 0 fully saturated rings. The van der Waals surface area contributed by atoms with Gasteiger partial charge >= 0.3 is 0 Å². The van der Waals surface area contributed by atoms with Crippen molar-refractivity contribution in [2.75, 3.05) is 0 Å². The molecule has 1 aromatic rings. The van der Waals surface area contributed by atoms with E-state index < -0.39 is 8.46 Å². The van der Waals surface area contributed by atoms with Crippen LogP contribution >= 0.6 is 56.2 Å². The van der Waals surface area contributed by atoms with Crippen molar-refractivity contribution in [3.63, 3.8) is 0 Å². The van der Waals surface area contributed by atoms with Gasteiger partial charge in [-0.2, -0.15) is 0 Å². The van der Waals surface area contributed by atoms with E-state index in [1.807, 2.05) is 24.3 Å². The van der Waals surface area contributed by atoms with E-state index in [0.29, 0.717) is 0 Å². The molecule has 0 aliphatic rings. The van der Waals surface area contributed by atoms with Gasteiger partial charge in [0.25, 0.3) is 0 Å². The molecule has 0 amide bonds. The first-order valence-corrected chi connectivity index (χ1v) is 6.59. The molecule has 0 N–H and O–H groups in total. The van der Waals surface area contributed by atoms with Gasteiger partial charge in [-0.3, -0.25) is 0 Å². The SMILES string of the molecule is O=[PH2]c1ccc(C(Br)(Br)Br)cc1. The van der Waals surface area contributed by atoms with Gasteiger partial charge < -0.3 is 4.57 Å². The third kappa shape index (κ3) is 2.99. The summed E-state index contributed by atoms with van der Waals surface area (Å²) in [5.74, 6) is 0. The lowest BCUT2D eigenvalue weighted by Crippen LogP contribution is -1.99. The molecule has 0 bridgehead atoms. The van der Waals surface area contributed by atoms with Crippen LogP contribution in [-0.4, -0.2) is 0 Å². The molecule has 1 rings (SSSR count). The molecular formula is C7H6Br3OP. The topological polar surface area (TPSA) is 17.1 Å². The van der Waals surface area contributed by atoms with Crippen molar-refractivity contribution in [1.82, 2.24) is 0 Å². The lowest BCUT2D eigenvalue weighted by Gasteiger charge is -2.11. The zero-order chi connectivity index (χ0) is 9.19. The summed E-state index contributed by atoms with van der Waals surface area (Å²) in [6.07, 6.45) is 0. The molecule has 0 aliphatic carbocycles. The maximum absolute atomic E-state index is 10.5. The largest absolute Gasteiger partial charge is 0.325 e. The van der Waals surface area contributed by atoms with E-state index >= 15 is 0 Å². The Morgan fingerprint density at radius 3 is 1.92 bits per heavy atom. The summed E-state index contributed by atoms with van der Waals surface area (Å²) >= 11 is 10.2. The Balaban J connectivity index is 3.00. The molecule has 0 radical (unpaired) electrons. The highest BCUT2D eigenvalue weighted by Crippen LogP contribution is 2.43. The smallest absolute Gasteiger partial charge is 0.159 e. The predicted octanol–water partition coefficient (Wildman–Crippen LogP) is 3.36. The Kier molecular flexibility index (Phi) is 4.03. The van der Waals surface area contributed by atoms with Gasteiger partial charge in [0, 0.05) is 5.30 Å². The minimum Gasteiger partial charge on any atom is -0.325 e. The Morgan fingerprint density at radius 2 is 1.58 bits per heavy atom. The average Bonchev–Trinajstić information content (AvgIpc) is 2.03. The van der Waals surface area contributed by atoms with Gasteiger partial charge in [0.05, 0.1) is 8.46 Å². The minimum absolute atomic E-state index is 0.371. The van der Waals surface area contributed by atoms with E-state index in [0.717, 1.165) is 10.9 Å². The van der Waals surface area contributed by atoms with E-state index in [1.165, 1.54) is 0 Å². The molecule has 0 spiro atoms. The summed E-state index contributed by atoms with van der Waals surface area (Å²) < 4.78 is 10.2. The predicted molar refractivity (Wildman–Crippen MR) is 64.9 cm³/mol. The maximum atomic E-state index is 10.5. The molecular weight excluding hydrogens is 371 g/mol. The van der Waals surface area contributed by atoms with Gasteiger partial charge in [-0.1, -0.05) is 72.1 Å². The van der Waals surface area contributed by atoms with Crippen molar-refractivity contribution in [3.05, 3.63) is 29.8 Å². The number of rotatable bonds is 1.